The molecule has 0 bridgehead atoms. The van der Waals surface area contributed by atoms with Crippen LogP contribution in [0.5, 0.6) is 0 Å². The van der Waals surface area contributed by atoms with E-state index in [-0.39, 0.29) is 5.56 Å². The first-order valence-electron chi connectivity index (χ1n) is 9.23. The van der Waals surface area contributed by atoms with Crippen LogP contribution in [0.1, 0.15) is 10.4 Å². The molecule has 1 aliphatic heterocycles. The average Bonchev–Trinajstić information content (AvgIpc) is 3.03. The predicted molar refractivity (Wildman–Crippen MR) is 110 cm³/mol. The van der Waals surface area contributed by atoms with Crippen molar-refractivity contribution in [3.63, 3.8) is 0 Å². The van der Waals surface area contributed by atoms with Crippen LogP contribution in [0, 0.1) is 0 Å². The minimum atomic E-state index is -1.54. The van der Waals surface area contributed by atoms with Gasteiger partial charge in [-0.05, 0) is 48.5 Å². The summed E-state index contributed by atoms with van der Waals surface area (Å²) in [6.45, 7) is -0.557. The van der Waals surface area contributed by atoms with Gasteiger partial charge in [-0.25, -0.2) is 9.59 Å². The standard InChI is InChI=1S/C21H21N3O7/c1-24(2)15-9-7-14(8-10-15)23-22-13-5-3-12(4-6-13)20(28)30-11-16(25)19-17(26)18(27)21(29)31-19/h3-10,16,19,25-27H,11H2,1-2H3/t16-,19-/m1/s1. The topological polar surface area (TPSA) is 141 Å². The number of aliphatic hydroxyl groups excluding tert-OH is 3. The van der Waals surface area contributed by atoms with Crippen LogP contribution in [0.3, 0.4) is 0 Å². The number of nitrogens with zero attached hydrogens (tertiary/aromatic N) is 3. The molecule has 10 nitrogen and oxygen atoms in total. The van der Waals surface area contributed by atoms with E-state index in [1.54, 1.807) is 12.1 Å². The molecule has 0 aromatic heterocycles. The van der Waals surface area contributed by atoms with Gasteiger partial charge in [0.25, 0.3) is 0 Å². The van der Waals surface area contributed by atoms with Gasteiger partial charge in [0.15, 0.2) is 11.9 Å². The highest BCUT2D eigenvalue weighted by molar-refractivity contribution is 5.90. The summed E-state index contributed by atoms with van der Waals surface area (Å²) in [6.07, 6.45) is -3.03. The van der Waals surface area contributed by atoms with Gasteiger partial charge < -0.3 is 29.7 Å². The van der Waals surface area contributed by atoms with Crippen molar-refractivity contribution in [2.24, 2.45) is 10.2 Å². The van der Waals surface area contributed by atoms with Gasteiger partial charge in [-0.15, -0.1) is 0 Å². The first-order chi connectivity index (χ1) is 14.8. The Morgan fingerprint density at radius 2 is 1.61 bits per heavy atom. The molecule has 1 aliphatic rings. The van der Waals surface area contributed by atoms with Gasteiger partial charge in [0.1, 0.15) is 12.7 Å². The second-order valence-electron chi connectivity index (χ2n) is 6.88. The van der Waals surface area contributed by atoms with E-state index >= 15 is 0 Å². The van der Waals surface area contributed by atoms with Crippen LogP contribution in [0.2, 0.25) is 0 Å². The van der Waals surface area contributed by atoms with Crippen LogP contribution in [0.25, 0.3) is 0 Å². The van der Waals surface area contributed by atoms with E-state index < -0.39 is 42.3 Å². The van der Waals surface area contributed by atoms with Crippen molar-refractivity contribution in [1.82, 2.24) is 0 Å². The SMILES string of the molecule is CN(C)c1ccc(N=Nc2ccc(C(=O)OC[C@@H](O)[C@H]3OC(=O)C(O)=C3O)cc2)cc1. The van der Waals surface area contributed by atoms with Crippen LogP contribution < -0.4 is 4.90 Å². The van der Waals surface area contributed by atoms with Gasteiger partial charge in [0.05, 0.1) is 16.9 Å². The molecular weight excluding hydrogens is 406 g/mol. The fourth-order valence-electron chi connectivity index (χ4n) is 2.66. The molecule has 3 N–H and O–H groups in total. The Hall–Kier alpha value is -3.92. The Kier molecular flexibility index (Phi) is 6.51. The van der Waals surface area contributed by atoms with Crippen molar-refractivity contribution >= 4 is 29.0 Å². The molecule has 0 saturated heterocycles. The minimum absolute atomic E-state index is 0.201. The Balaban J connectivity index is 1.54. The van der Waals surface area contributed by atoms with Gasteiger partial charge in [-0.1, -0.05) is 0 Å². The van der Waals surface area contributed by atoms with E-state index in [4.69, 9.17) is 4.74 Å². The van der Waals surface area contributed by atoms with Crippen LogP contribution >= 0.6 is 0 Å². The molecule has 10 heteroatoms. The quantitative estimate of drug-likeness (QED) is 0.452. The molecule has 0 radical (unpaired) electrons. The van der Waals surface area contributed by atoms with Crippen LogP contribution in [-0.4, -0.2) is 60.2 Å². The lowest BCUT2D eigenvalue weighted by Crippen LogP contribution is -2.33. The van der Waals surface area contributed by atoms with E-state index in [0.29, 0.717) is 11.4 Å². The zero-order valence-electron chi connectivity index (χ0n) is 16.8. The number of ether oxygens (including phenoxy) is 2. The fourth-order valence-corrected chi connectivity index (χ4v) is 2.66. The molecule has 31 heavy (non-hydrogen) atoms. The minimum Gasteiger partial charge on any atom is -0.505 e. The van der Waals surface area contributed by atoms with E-state index in [1.807, 2.05) is 43.3 Å². The van der Waals surface area contributed by atoms with Crippen molar-refractivity contribution in [3.8, 4) is 0 Å². The van der Waals surface area contributed by atoms with Gasteiger partial charge in [-0.3, -0.25) is 0 Å². The van der Waals surface area contributed by atoms with Crippen LogP contribution in [0.4, 0.5) is 17.1 Å². The zero-order chi connectivity index (χ0) is 22.5. The molecule has 162 valence electrons. The summed E-state index contributed by atoms with van der Waals surface area (Å²) >= 11 is 0. The molecule has 0 amide bonds. The maximum absolute atomic E-state index is 12.1. The van der Waals surface area contributed by atoms with Crippen molar-refractivity contribution in [2.45, 2.75) is 12.2 Å². The van der Waals surface area contributed by atoms with Crippen LogP contribution in [0.15, 0.2) is 70.3 Å². The van der Waals surface area contributed by atoms with Gasteiger partial charge in [0.2, 0.25) is 5.76 Å². The number of esters is 2. The number of aliphatic hydroxyl groups is 3. The van der Waals surface area contributed by atoms with Gasteiger partial charge >= 0.3 is 11.9 Å². The molecule has 2 atom stereocenters. The third-order valence-electron chi connectivity index (χ3n) is 4.42. The van der Waals surface area contributed by atoms with Crippen molar-refractivity contribution in [1.29, 1.82) is 0 Å². The maximum Gasteiger partial charge on any atom is 0.377 e. The zero-order valence-corrected chi connectivity index (χ0v) is 16.8. The fraction of sp³-hybridized carbons (Fsp3) is 0.238. The molecule has 0 unspecified atom stereocenters. The summed E-state index contributed by atoms with van der Waals surface area (Å²) in [4.78, 5) is 25.3. The Morgan fingerprint density at radius 3 is 2.10 bits per heavy atom. The Labute approximate surface area is 177 Å². The molecule has 0 fully saturated rings. The lowest BCUT2D eigenvalue weighted by Gasteiger charge is -2.17. The molecule has 0 saturated carbocycles. The van der Waals surface area contributed by atoms with E-state index in [9.17, 15) is 24.9 Å². The van der Waals surface area contributed by atoms with Gasteiger partial charge in [0, 0.05) is 19.8 Å². The van der Waals surface area contributed by atoms with E-state index in [1.165, 1.54) is 12.1 Å². The van der Waals surface area contributed by atoms with Crippen molar-refractivity contribution < 1.29 is 34.4 Å². The smallest absolute Gasteiger partial charge is 0.377 e. The van der Waals surface area contributed by atoms with Crippen molar-refractivity contribution in [3.05, 3.63) is 65.6 Å². The Bertz CT molecular complexity index is 1010. The third-order valence-corrected chi connectivity index (χ3v) is 4.42. The highest BCUT2D eigenvalue weighted by atomic mass is 16.6. The number of cyclic esters (lactones) is 1. The number of azo groups is 1. The lowest BCUT2D eigenvalue weighted by atomic mass is 10.2. The van der Waals surface area contributed by atoms with Crippen molar-refractivity contribution in [2.75, 3.05) is 25.6 Å². The lowest BCUT2D eigenvalue weighted by molar-refractivity contribution is -0.147. The number of hydrogen-bond donors (Lipinski definition) is 3. The number of hydrogen-bond acceptors (Lipinski definition) is 10. The van der Waals surface area contributed by atoms with E-state index in [2.05, 4.69) is 15.0 Å². The highest BCUT2D eigenvalue weighted by Crippen LogP contribution is 2.23. The molecule has 2 aromatic rings. The monoisotopic (exact) mass is 427 g/mol. The number of anilines is 1. The Morgan fingerprint density at radius 1 is 1.06 bits per heavy atom. The normalized spacial score (nSPS) is 17.0. The molecule has 3 rings (SSSR count). The average molecular weight is 427 g/mol. The van der Waals surface area contributed by atoms with Crippen LogP contribution in [-0.2, 0) is 14.3 Å². The number of carbonyl (C=O) groups is 2. The third kappa shape index (κ3) is 5.17. The summed E-state index contributed by atoms with van der Waals surface area (Å²) in [5.41, 5.74) is 2.45. The second kappa shape index (κ2) is 9.26. The molecule has 1 heterocycles. The highest BCUT2D eigenvalue weighted by Gasteiger charge is 2.39. The van der Waals surface area contributed by atoms with E-state index in [0.717, 1.165) is 5.69 Å². The molecule has 2 aromatic carbocycles. The molecule has 0 aliphatic carbocycles. The summed E-state index contributed by atoms with van der Waals surface area (Å²) in [5, 5.41) is 37.0. The summed E-state index contributed by atoms with van der Waals surface area (Å²) in [6, 6.07) is 13.6. The number of carbonyl (C=O) groups excluding carboxylic acids is 2. The maximum atomic E-state index is 12.1. The number of rotatable bonds is 7. The predicted octanol–water partition coefficient (Wildman–Crippen LogP) is 2.94. The summed E-state index contributed by atoms with van der Waals surface area (Å²) in [7, 11) is 3.89. The summed E-state index contributed by atoms with van der Waals surface area (Å²) in [5.74, 6) is -3.68. The second-order valence-corrected chi connectivity index (χ2v) is 6.88. The first-order valence-corrected chi connectivity index (χ1v) is 9.23. The first kappa shape index (κ1) is 21.8. The van der Waals surface area contributed by atoms with Gasteiger partial charge in [-0.2, -0.15) is 10.2 Å². The largest absolute Gasteiger partial charge is 0.505 e. The molecule has 0 spiro atoms. The summed E-state index contributed by atoms with van der Waals surface area (Å²) < 4.78 is 9.57. The number of benzene rings is 2. The molecular formula is C21H21N3O7.